The van der Waals surface area contributed by atoms with Crippen LogP contribution in [0.4, 0.5) is 0 Å². The van der Waals surface area contributed by atoms with Crippen LogP contribution < -0.4 is 4.74 Å². The fourth-order valence-corrected chi connectivity index (χ4v) is 5.26. The van der Waals surface area contributed by atoms with Crippen LogP contribution in [-0.2, 0) is 20.9 Å². The maximum absolute atomic E-state index is 13.4. The van der Waals surface area contributed by atoms with Crippen molar-refractivity contribution in [1.82, 2.24) is 9.80 Å². The molecule has 0 aliphatic carbocycles. The number of carbonyl (C=O) groups is 2. The second-order valence-corrected chi connectivity index (χ2v) is 9.96. The number of rotatable bonds is 9. The fraction of sp³-hybridized carbons (Fsp3) is 0.312. The Morgan fingerprint density at radius 2 is 1.64 bits per heavy atom. The Labute approximate surface area is 229 Å². The highest BCUT2D eigenvalue weighted by molar-refractivity contribution is 6.46. The Morgan fingerprint density at radius 1 is 0.949 bits per heavy atom. The molecule has 1 amide bonds. The van der Waals surface area contributed by atoms with Crippen LogP contribution in [0.5, 0.6) is 5.75 Å². The lowest BCUT2D eigenvalue weighted by atomic mass is 9.94. The minimum atomic E-state index is -0.656. The van der Waals surface area contributed by atoms with Gasteiger partial charge in [-0.15, -0.1) is 0 Å². The van der Waals surface area contributed by atoms with E-state index in [4.69, 9.17) is 9.47 Å². The average Bonchev–Trinajstić information content (AvgIpc) is 3.22. The van der Waals surface area contributed by atoms with Crippen LogP contribution in [0.2, 0.25) is 0 Å². The Bertz CT molecular complexity index is 1330. The Kier molecular flexibility index (Phi) is 8.39. The molecule has 1 atom stereocenters. The van der Waals surface area contributed by atoms with E-state index < -0.39 is 17.7 Å². The van der Waals surface area contributed by atoms with Gasteiger partial charge in [0.15, 0.2) is 0 Å². The van der Waals surface area contributed by atoms with Gasteiger partial charge in [0.2, 0.25) is 0 Å². The number of hydrogen-bond donors (Lipinski definition) is 1. The number of morpholine rings is 1. The zero-order valence-electron chi connectivity index (χ0n) is 22.2. The van der Waals surface area contributed by atoms with Crippen molar-refractivity contribution in [2.45, 2.75) is 26.0 Å². The largest absolute Gasteiger partial charge is 0.507 e. The van der Waals surface area contributed by atoms with Crippen molar-refractivity contribution >= 4 is 17.4 Å². The van der Waals surface area contributed by atoms with E-state index in [1.807, 2.05) is 73.7 Å². The summed E-state index contributed by atoms with van der Waals surface area (Å²) in [6.07, 6.45) is 0.725. The predicted molar refractivity (Wildman–Crippen MR) is 149 cm³/mol. The normalized spacial score (nSPS) is 19.4. The molecule has 7 heteroatoms. The van der Waals surface area contributed by atoms with E-state index in [2.05, 4.69) is 4.90 Å². The molecule has 2 aliphatic heterocycles. The molecule has 0 radical (unpaired) electrons. The number of aryl methyl sites for hydroxylation is 1. The highest BCUT2D eigenvalue weighted by atomic mass is 16.5. The van der Waals surface area contributed by atoms with Crippen molar-refractivity contribution < 1.29 is 24.2 Å². The van der Waals surface area contributed by atoms with Crippen molar-refractivity contribution in [1.29, 1.82) is 0 Å². The number of aliphatic hydroxyl groups is 1. The highest BCUT2D eigenvalue weighted by Crippen LogP contribution is 2.40. The van der Waals surface area contributed by atoms with Gasteiger partial charge in [0.25, 0.3) is 11.7 Å². The number of likely N-dealkylation sites (tertiary alicyclic amines) is 1. The molecule has 0 bridgehead atoms. The summed E-state index contributed by atoms with van der Waals surface area (Å²) in [6, 6.07) is 24.1. The van der Waals surface area contributed by atoms with Crippen molar-refractivity contribution in [3.8, 4) is 5.75 Å². The molecule has 0 unspecified atom stereocenters. The molecule has 5 rings (SSSR count). The Hall–Kier alpha value is -3.94. The van der Waals surface area contributed by atoms with Crippen LogP contribution in [0.3, 0.4) is 0 Å². The molecule has 3 aromatic rings. The van der Waals surface area contributed by atoms with Gasteiger partial charge in [0.1, 0.15) is 18.1 Å². The van der Waals surface area contributed by atoms with Gasteiger partial charge in [0, 0.05) is 31.7 Å². The van der Waals surface area contributed by atoms with Gasteiger partial charge < -0.3 is 19.5 Å². The van der Waals surface area contributed by atoms with Crippen molar-refractivity contribution in [2.24, 2.45) is 0 Å². The van der Waals surface area contributed by atoms with Gasteiger partial charge in [-0.2, -0.15) is 0 Å². The number of amides is 1. The molecule has 0 aromatic heterocycles. The van der Waals surface area contributed by atoms with Gasteiger partial charge in [-0.3, -0.25) is 14.5 Å². The molecule has 2 fully saturated rings. The standard InChI is InChI=1S/C32H34N2O5/c1-23-21-26(39-22-24-9-4-2-5-10-24)13-14-27(23)30(35)28-29(25-11-6-3-7-12-25)34(32(37)31(28)36)16-8-15-33-17-19-38-20-18-33/h2-7,9-14,21,29,35H,8,15-20,22H2,1H3/t29-/m0/s1. The minimum absolute atomic E-state index is 0.124. The first kappa shape index (κ1) is 26.7. The quantitative estimate of drug-likeness (QED) is 0.247. The summed E-state index contributed by atoms with van der Waals surface area (Å²) < 4.78 is 11.4. The maximum atomic E-state index is 13.4. The monoisotopic (exact) mass is 526 g/mol. The Balaban J connectivity index is 1.40. The molecule has 3 aromatic carbocycles. The molecule has 202 valence electrons. The summed E-state index contributed by atoms with van der Waals surface area (Å²) in [7, 11) is 0. The van der Waals surface area contributed by atoms with E-state index in [0.29, 0.717) is 37.7 Å². The minimum Gasteiger partial charge on any atom is -0.507 e. The molecule has 2 saturated heterocycles. The number of ketones is 1. The van der Waals surface area contributed by atoms with Crippen LogP contribution in [0, 0.1) is 6.92 Å². The summed E-state index contributed by atoms with van der Waals surface area (Å²) in [5.74, 6) is -0.731. The van der Waals surface area contributed by atoms with Crippen LogP contribution in [0.25, 0.3) is 5.76 Å². The van der Waals surface area contributed by atoms with Crippen molar-refractivity contribution in [2.75, 3.05) is 39.4 Å². The summed E-state index contributed by atoms with van der Waals surface area (Å²) >= 11 is 0. The van der Waals surface area contributed by atoms with Gasteiger partial charge in [-0.1, -0.05) is 60.7 Å². The second kappa shape index (κ2) is 12.3. The van der Waals surface area contributed by atoms with Crippen LogP contribution in [0.15, 0.2) is 84.4 Å². The Morgan fingerprint density at radius 3 is 2.33 bits per heavy atom. The second-order valence-electron chi connectivity index (χ2n) is 9.96. The summed E-state index contributed by atoms with van der Waals surface area (Å²) in [5, 5.41) is 11.5. The zero-order valence-corrected chi connectivity index (χ0v) is 22.2. The number of Topliss-reactive ketones (excluding diaryl/α,β-unsaturated/α-hetero) is 1. The summed E-state index contributed by atoms with van der Waals surface area (Å²) in [4.78, 5) is 30.5. The lowest BCUT2D eigenvalue weighted by molar-refractivity contribution is -0.140. The first-order valence-corrected chi connectivity index (χ1v) is 13.4. The third kappa shape index (κ3) is 6.05. The molecule has 0 saturated carbocycles. The summed E-state index contributed by atoms with van der Waals surface area (Å²) in [5.41, 5.74) is 3.24. The van der Waals surface area contributed by atoms with Crippen molar-refractivity contribution in [3.63, 3.8) is 0 Å². The van der Waals surface area contributed by atoms with E-state index in [-0.39, 0.29) is 11.3 Å². The molecule has 7 nitrogen and oxygen atoms in total. The van der Waals surface area contributed by atoms with Gasteiger partial charge >= 0.3 is 0 Å². The van der Waals surface area contributed by atoms with Crippen LogP contribution in [0.1, 0.15) is 34.7 Å². The van der Waals surface area contributed by atoms with E-state index in [9.17, 15) is 14.7 Å². The topological polar surface area (TPSA) is 79.3 Å². The van der Waals surface area contributed by atoms with Gasteiger partial charge in [-0.25, -0.2) is 0 Å². The fourth-order valence-electron chi connectivity index (χ4n) is 5.26. The number of benzene rings is 3. The summed E-state index contributed by atoms with van der Waals surface area (Å²) in [6.45, 7) is 6.68. The SMILES string of the molecule is Cc1cc(OCc2ccccc2)ccc1C(O)=C1C(=O)C(=O)N(CCCN2CCOCC2)[C@H]1c1ccccc1. The van der Waals surface area contributed by atoms with Crippen molar-refractivity contribution in [3.05, 3.63) is 107 Å². The average molecular weight is 527 g/mol. The predicted octanol–water partition coefficient (Wildman–Crippen LogP) is 4.72. The number of aliphatic hydroxyl groups excluding tert-OH is 1. The lowest BCUT2D eigenvalue weighted by Crippen LogP contribution is -2.38. The van der Waals surface area contributed by atoms with E-state index >= 15 is 0 Å². The smallest absolute Gasteiger partial charge is 0.295 e. The lowest BCUT2D eigenvalue weighted by Gasteiger charge is -2.29. The molecule has 0 spiro atoms. The molecule has 2 aliphatic rings. The molecule has 1 N–H and O–H groups in total. The first-order valence-electron chi connectivity index (χ1n) is 13.4. The molecule has 39 heavy (non-hydrogen) atoms. The third-order valence-electron chi connectivity index (χ3n) is 7.33. The van der Waals surface area contributed by atoms with E-state index in [1.54, 1.807) is 17.0 Å². The molecule has 2 heterocycles. The first-order chi connectivity index (χ1) is 19.0. The van der Waals surface area contributed by atoms with Crippen LogP contribution >= 0.6 is 0 Å². The zero-order chi connectivity index (χ0) is 27.2. The highest BCUT2D eigenvalue weighted by Gasteiger charge is 2.45. The van der Waals surface area contributed by atoms with Crippen LogP contribution in [-0.4, -0.2) is 66.0 Å². The van der Waals surface area contributed by atoms with Gasteiger partial charge in [-0.05, 0) is 48.2 Å². The van der Waals surface area contributed by atoms with E-state index in [0.717, 1.165) is 42.7 Å². The maximum Gasteiger partial charge on any atom is 0.295 e. The molecular formula is C32H34N2O5. The number of hydrogen-bond acceptors (Lipinski definition) is 6. The third-order valence-corrected chi connectivity index (χ3v) is 7.33. The number of nitrogens with zero attached hydrogens (tertiary/aromatic N) is 2. The van der Waals surface area contributed by atoms with E-state index in [1.165, 1.54) is 0 Å². The molecular weight excluding hydrogens is 492 g/mol. The van der Waals surface area contributed by atoms with Gasteiger partial charge in [0.05, 0.1) is 24.8 Å². The number of ether oxygens (including phenoxy) is 2. The number of carbonyl (C=O) groups excluding carboxylic acids is 2.